The van der Waals surface area contributed by atoms with Crippen molar-refractivity contribution >= 4 is 5.91 Å². The van der Waals surface area contributed by atoms with Crippen molar-refractivity contribution in [3.8, 4) is 0 Å². The Bertz CT molecular complexity index is 441. The number of hydrogen-bond donors (Lipinski definition) is 2. The molecule has 4 heteroatoms. The normalized spacial score (nSPS) is 30.4. The molecule has 2 fully saturated rings. The van der Waals surface area contributed by atoms with Crippen LogP contribution in [0.1, 0.15) is 29.6 Å². The number of ether oxygens (including phenoxy) is 1. The van der Waals surface area contributed by atoms with Crippen LogP contribution < -0.4 is 10.6 Å². The molecule has 1 aromatic rings. The summed E-state index contributed by atoms with van der Waals surface area (Å²) in [6.07, 6.45) is 2.86. The quantitative estimate of drug-likeness (QED) is 0.843. The fourth-order valence-electron chi connectivity index (χ4n) is 3.03. The summed E-state index contributed by atoms with van der Waals surface area (Å²) in [7, 11) is 0. The molecule has 2 saturated heterocycles. The monoisotopic (exact) mass is 260 g/mol. The van der Waals surface area contributed by atoms with Gasteiger partial charge < -0.3 is 15.4 Å². The Morgan fingerprint density at radius 2 is 2.21 bits per heavy atom. The smallest absolute Gasteiger partial charge is 0.251 e. The lowest BCUT2D eigenvalue weighted by Crippen LogP contribution is -2.49. The first-order chi connectivity index (χ1) is 9.27. The van der Waals surface area contributed by atoms with E-state index in [-0.39, 0.29) is 17.6 Å². The summed E-state index contributed by atoms with van der Waals surface area (Å²) in [6.45, 7) is 2.66. The zero-order valence-electron chi connectivity index (χ0n) is 11.0. The first-order valence-corrected chi connectivity index (χ1v) is 6.98. The molecule has 2 aliphatic heterocycles. The predicted molar refractivity (Wildman–Crippen MR) is 73.1 cm³/mol. The number of carbonyl (C=O) groups is 1. The Hall–Kier alpha value is -1.39. The first-order valence-electron chi connectivity index (χ1n) is 6.98. The topological polar surface area (TPSA) is 50.4 Å². The standard InChI is InChI=1S/C15H20N2O2/c18-14(12-4-2-1-3-5-12)17-13-6-9-19-15(10-13)7-8-16-11-15/h1-5,13,16H,6-11H2,(H,17,18)/t13-,15+/m0/s1. The molecule has 2 N–H and O–H groups in total. The fraction of sp³-hybridized carbons (Fsp3) is 0.533. The minimum atomic E-state index is -0.0487. The van der Waals surface area contributed by atoms with Gasteiger partial charge in [0, 0.05) is 24.8 Å². The van der Waals surface area contributed by atoms with E-state index in [0.29, 0.717) is 0 Å². The zero-order chi connectivity index (χ0) is 13.1. The molecule has 0 bridgehead atoms. The molecule has 0 radical (unpaired) electrons. The van der Waals surface area contributed by atoms with E-state index in [1.54, 1.807) is 0 Å². The van der Waals surface area contributed by atoms with Gasteiger partial charge in [0.25, 0.3) is 5.91 Å². The average Bonchev–Trinajstić information content (AvgIpc) is 2.88. The largest absolute Gasteiger partial charge is 0.373 e. The van der Waals surface area contributed by atoms with Crippen LogP contribution in [0.2, 0.25) is 0 Å². The summed E-state index contributed by atoms with van der Waals surface area (Å²) >= 11 is 0. The molecule has 102 valence electrons. The molecular formula is C15H20N2O2. The van der Waals surface area contributed by atoms with E-state index < -0.39 is 0 Å². The zero-order valence-corrected chi connectivity index (χ0v) is 11.0. The van der Waals surface area contributed by atoms with Crippen LogP contribution in [0.4, 0.5) is 0 Å². The van der Waals surface area contributed by atoms with Gasteiger partial charge in [-0.05, 0) is 37.9 Å². The van der Waals surface area contributed by atoms with Crippen molar-refractivity contribution in [1.29, 1.82) is 0 Å². The van der Waals surface area contributed by atoms with Gasteiger partial charge in [0.05, 0.1) is 5.60 Å². The van der Waals surface area contributed by atoms with Gasteiger partial charge in [0.1, 0.15) is 0 Å². The van der Waals surface area contributed by atoms with Gasteiger partial charge in [-0.2, -0.15) is 0 Å². The molecule has 1 aromatic carbocycles. The van der Waals surface area contributed by atoms with Crippen molar-refractivity contribution in [2.75, 3.05) is 19.7 Å². The summed E-state index contributed by atoms with van der Waals surface area (Å²) in [5.74, 6) is 0.0219. The Labute approximate surface area is 113 Å². The third-order valence-corrected chi connectivity index (χ3v) is 4.07. The number of hydrogen-bond acceptors (Lipinski definition) is 3. The molecule has 0 saturated carbocycles. The Kier molecular flexibility index (Phi) is 3.53. The fourth-order valence-corrected chi connectivity index (χ4v) is 3.03. The molecule has 2 heterocycles. The van der Waals surface area contributed by atoms with E-state index >= 15 is 0 Å². The summed E-state index contributed by atoms with van der Waals surface area (Å²) in [5.41, 5.74) is 0.681. The van der Waals surface area contributed by atoms with Gasteiger partial charge >= 0.3 is 0 Å². The van der Waals surface area contributed by atoms with Gasteiger partial charge in [0.2, 0.25) is 0 Å². The third-order valence-electron chi connectivity index (χ3n) is 4.07. The van der Waals surface area contributed by atoms with E-state index in [1.165, 1.54) is 0 Å². The minimum Gasteiger partial charge on any atom is -0.373 e. The lowest BCUT2D eigenvalue weighted by Gasteiger charge is -2.38. The van der Waals surface area contributed by atoms with Gasteiger partial charge in [-0.15, -0.1) is 0 Å². The van der Waals surface area contributed by atoms with E-state index in [2.05, 4.69) is 10.6 Å². The molecule has 19 heavy (non-hydrogen) atoms. The lowest BCUT2D eigenvalue weighted by molar-refractivity contribution is -0.0732. The SMILES string of the molecule is O=C(N[C@H]1CCO[C@]2(CCNC2)C1)c1ccccc1. The first kappa shape index (κ1) is 12.6. The number of carbonyl (C=O) groups excluding carboxylic acids is 1. The Balaban J connectivity index is 1.62. The van der Waals surface area contributed by atoms with Crippen LogP contribution >= 0.6 is 0 Å². The highest BCUT2D eigenvalue weighted by molar-refractivity contribution is 5.94. The maximum atomic E-state index is 12.1. The van der Waals surface area contributed by atoms with E-state index in [1.807, 2.05) is 30.3 Å². The molecule has 0 aromatic heterocycles. The average molecular weight is 260 g/mol. The molecule has 0 aliphatic carbocycles. The molecule has 1 spiro atoms. The number of rotatable bonds is 2. The summed E-state index contributed by atoms with van der Waals surface area (Å²) in [6, 6.07) is 9.62. The van der Waals surface area contributed by atoms with E-state index in [4.69, 9.17) is 4.74 Å². The lowest BCUT2D eigenvalue weighted by atomic mass is 9.89. The molecule has 1 amide bonds. The van der Waals surface area contributed by atoms with Crippen LogP contribution in [0.15, 0.2) is 30.3 Å². The molecule has 2 aliphatic rings. The van der Waals surface area contributed by atoms with Crippen LogP contribution in [0.3, 0.4) is 0 Å². The van der Waals surface area contributed by atoms with Crippen LogP contribution in [0, 0.1) is 0 Å². The number of benzene rings is 1. The van der Waals surface area contributed by atoms with Crippen molar-refractivity contribution in [2.24, 2.45) is 0 Å². The summed E-state index contributed by atoms with van der Waals surface area (Å²) in [4.78, 5) is 12.1. The van der Waals surface area contributed by atoms with Crippen molar-refractivity contribution in [2.45, 2.75) is 30.9 Å². The molecular weight excluding hydrogens is 240 g/mol. The van der Waals surface area contributed by atoms with Gasteiger partial charge in [0.15, 0.2) is 0 Å². The van der Waals surface area contributed by atoms with Crippen LogP contribution in [0.25, 0.3) is 0 Å². The van der Waals surface area contributed by atoms with Crippen molar-refractivity contribution in [3.05, 3.63) is 35.9 Å². The summed E-state index contributed by atoms with van der Waals surface area (Å²) < 4.78 is 5.93. The maximum absolute atomic E-state index is 12.1. The maximum Gasteiger partial charge on any atom is 0.251 e. The molecule has 3 rings (SSSR count). The molecule has 2 atom stereocenters. The molecule has 4 nitrogen and oxygen atoms in total. The van der Waals surface area contributed by atoms with Gasteiger partial charge in [-0.3, -0.25) is 4.79 Å². The second-order valence-corrected chi connectivity index (χ2v) is 5.49. The van der Waals surface area contributed by atoms with Crippen molar-refractivity contribution in [1.82, 2.24) is 10.6 Å². The number of nitrogens with one attached hydrogen (secondary N) is 2. The van der Waals surface area contributed by atoms with Crippen molar-refractivity contribution in [3.63, 3.8) is 0 Å². The van der Waals surface area contributed by atoms with E-state index in [9.17, 15) is 4.79 Å². The van der Waals surface area contributed by atoms with Crippen LogP contribution in [-0.4, -0.2) is 37.2 Å². The number of amides is 1. The van der Waals surface area contributed by atoms with Crippen LogP contribution in [0.5, 0.6) is 0 Å². The van der Waals surface area contributed by atoms with Gasteiger partial charge in [-0.1, -0.05) is 18.2 Å². The Morgan fingerprint density at radius 3 is 2.95 bits per heavy atom. The van der Waals surface area contributed by atoms with Gasteiger partial charge in [-0.25, -0.2) is 0 Å². The van der Waals surface area contributed by atoms with Crippen molar-refractivity contribution < 1.29 is 9.53 Å². The van der Waals surface area contributed by atoms with E-state index in [0.717, 1.165) is 44.5 Å². The minimum absolute atomic E-state index is 0.0219. The highest BCUT2D eigenvalue weighted by Gasteiger charge is 2.40. The predicted octanol–water partition coefficient (Wildman–Crippen LogP) is 1.33. The highest BCUT2D eigenvalue weighted by atomic mass is 16.5. The second-order valence-electron chi connectivity index (χ2n) is 5.49. The second kappa shape index (κ2) is 5.31. The third kappa shape index (κ3) is 2.80. The summed E-state index contributed by atoms with van der Waals surface area (Å²) in [5, 5.41) is 6.49. The Morgan fingerprint density at radius 1 is 1.37 bits per heavy atom. The highest BCUT2D eigenvalue weighted by Crippen LogP contribution is 2.30. The van der Waals surface area contributed by atoms with Crippen LogP contribution in [-0.2, 0) is 4.74 Å². The molecule has 0 unspecified atom stereocenters.